The molecule has 0 radical (unpaired) electrons. The first kappa shape index (κ1) is 15.8. The molecule has 2 amide bonds. The number of carbonyl (C=O) groups is 1. The number of aromatic nitrogens is 2. The second-order valence-electron chi connectivity index (χ2n) is 6.21. The standard InChI is InChI=1S/C17H24N4O2/c22-13-9-7-12(8-10-13)19-17(23)18-11-3-6-16-20-14-4-1-2-5-15(14)21-16/h1-2,4-5,12-13,22H,3,6-11H2,(H,20,21)(H2,18,19,23). The number of aromatic amines is 1. The number of carbonyl (C=O) groups excluding carboxylic acids is 1. The lowest BCUT2D eigenvalue weighted by molar-refractivity contribution is 0.117. The summed E-state index contributed by atoms with van der Waals surface area (Å²) in [6, 6.07) is 8.04. The number of H-pyrrole nitrogens is 1. The van der Waals surface area contributed by atoms with Gasteiger partial charge in [-0.2, -0.15) is 0 Å². The maximum absolute atomic E-state index is 11.8. The smallest absolute Gasteiger partial charge is 0.315 e. The van der Waals surface area contributed by atoms with Gasteiger partial charge in [0.1, 0.15) is 5.82 Å². The van der Waals surface area contributed by atoms with Crippen LogP contribution in [-0.4, -0.2) is 39.8 Å². The fraction of sp³-hybridized carbons (Fsp3) is 0.529. The number of nitrogens with zero attached hydrogens (tertiary/aromatic N) is 1. The topological polar surface area (TPSA) is 90.0 Å². The monoisotopic (exact) mass is 316 g/mol. The van der Waals surface area contributed by atoms with Crippen molar-refractivity contribution in [2.75, 3.05) is 6.54 Å². The first-order valence-corrected chi connectivity index (χ1v) is 8.37. The summed E-state index contributed by atoms with van der Waals surface area (Å²) >= 11 is 0. The third kappa shape index (κ3) is 4.45. The van der Waals surface area contributed by atoms with E-state index in [2.05, 4.69) is 20.6 Å². The summed E-state index contributed by atoms with van der Waals surface area (Å²) in [6.07, 6.45) is 4.72. The number of aliphatic hydroxyl groups is 1. The first-order chi connectivity index (χ1) is 11.2. The molecule has 124 valence electrons. The molecular weight excluding hydrogens is 292 g/mol. The van der Waals surface area contributed by atoms with Crippen LogP contribution in [0.3, 0.4) is 0 Å². The molecule has 1 aliphatic rings. The van der Waals surface area contributed by atoms with Crippen LogP contribution >= 0.6 is 0 Å². The number of nitrogens with one attached hydrogen (secondary N) is 3. The second kappa shape index (κ2) is 7.46. The molecule has 1 heterocycles. The molecule has 1 aliphatic carbocycles. The van der Waals surface area contributed by atoms with Gasteiger partial charge in [-0.3, -0.25) is 0 Å². The minimum absolute atomic E-state index is 0.115. The molecule has 6 nitrogen and oxygen atoms in total. The Balaban J connectivity index is 1.35. The number of benzene rings is 1. The van der Waals surface area contributed by atoms with E-state index in [4.69, 9.17) is 0 Å². The van der Waals surface area contributed by atoms with Crippen molar-refractivity contribution in [3.8, 4) is 0 Å². The summed E-state index contributed by atoms with van der Waals surface area (Å²) in [5.74, 6) is 0.953. The van der Waals surface area contributed by atoms with Crippen LogP contribution in [0.25, 0.3) is 11.0 Å². The van der Waals surface area contributed by atoms with E-state index in [0.29, 0.717) is 6.54 Å². The van der Waals surface area contributed by atoms with Gasteiger partial charge in [0.15, 0.2) is 0 Å². The second-order valence-corrected chi connectivity index (χ2v) is 6.21. The van der Waals surface area contributed by atoms with Gasteiger partial charge in [-0.25, -0.2) is 9.78 Å². The average molecular weight is 316 g/mol. The zero-order valence-electron chi connectivity index (χ0n) is 13.2. The molecule has 0 atom stereocenters. The maximum Gasteiger partial charge on any atom is 0.315 e. The predicted molar refractivity (Wildman–Crippen MR) is 89.2 cm³/mol. The Morgan fingerprint density at radius 2 is 2.04 bits per heavy atom. The summed E-state index contributed by atoms with van der Waals surface area (Å²) in [5, 5.41) is 15.3. The molecule has 1 aromatic heterocycles. The molecule has 4 N–H and O–H groups in total. The van der Waals surface area contributed by atoms with Crippen LogP contribution in [0.5, 0.6) is 0 Å². The SMILES string of the molecule is O=C(NCCCc1nc2ccccc2[nH]1)NC1CCC(O)CC1. The van der Waals surface area contributed by atoms with Crippen molar-refractivity contribution in [3.63, 3.8) is 0 Å². The molecule has 1 saturated carbocycles. The highest BCUT2D eigenvalue weighted by Crippen LogP contribution is 2.18. The Bertz CT molecular complexity index is 614. The van der Waals surface area contributed by atoms with Crippen molar-refractivity contribution in [1.82, 2.24) is 20.6 Å². The summed E-state index contributed by atoms with van der Waals surface area (Å²) in [5.41, 5.74) is 2.03. The van der Waals surface area contributed by atoms with E-state index in [9.17, 15) is 9.90 Å². The summed E-state index contributed by atoms with van der Waals surface area (Å²) < 4.78 is 0. The van der Waals surface area contributed by atoms with Gasteiger partial charge in [0.05, 0.1) is 17.1 Å². The van der Waals surface area contributed by atoms with E-state index >= 15 is 0 Å². The molecule has 0 unspecified atom stereocenters. The van der Waals surface area contributed by atoms with Gasteiger partial charge >= 0.3 is 6.03 Å². The normalized spacial score (nSPS) is 21.3. The average Bonchev–Trinajstić information content (AvgIpc) is 2.96. The quantitative estimate of drug-likeness (QED) is 0.637. The lowest BCUT2D eigenvalue weighted by atomic mass is 9.93. The number of fused-ring (bicyclic) bond motifs is 1. The number of rotatable bonds is 5. The molecule has 0 saturated heterocycles. The summed E-state index contributed by atoms with van der Waals surface area (Å²) in [6.45, 7) is 0.623. The van der Waals surface area contributed by atoms with Crippen molar-refractivity contribution < 1.29 is 9.90 Å². The highest BCUT2D eigenvalue weighted by Gasteiger charge is 2.20. The number of para-hydroxylation sites is 2. The van der Waals surface area contributed by atoms with Crippen molar-refractivity contribution in [2.45, 2.75) is 50.7 Å². The molecule has 23 heavy (non-hydrogen) atoms. The molecule has 1 fully saturated rings. The molecule has 3 rings (SSSR count). The molecule has 0 bridgehead atoms. The predicted octanol–water partition coefficient (Wildman–Crippen LogP) is 2.10. The van der Waals surface area contributed by atoms with Crippen molar-refractivity contribution in [3.05, 3.63) is 30.1 Å². The third-order valence-electron chi connectivity index (χ3n) is 4.35. The van der Waals surface area contributed by atoms with E-state index in [1.54, 1.807) is 0 Å². The minimum Gasteiger partial charge on any atom is -0.393 e. The highest BCUT2D eigenvalue weighted by molar-refractivity contribution is 5.75. The Morgan fingerprint density at radius 3 is 2.83 bits per heavy atom. The third-order valence-corrected chi connectivity index (χ3v) is 4.35. The Hall–Kier alpha value is -2.08. The zero-order valence-corrected chi connectivity index (χ0v) is 13.2. The lowest BCUT2D eigenvalue weighted by Crippen LogP contribution is -2.44. The lowest BCUT2D eigenvalue weighted by Gasteiger charge is -2.26. The number of imidazole rings is 1. The molecular formula is C17H24N4O2. The molecule has 6 heteroatoms. The zero-order chi connectivity index (χ0) is 16.1. The van der Waals surface area contributed by atoms with Gasteiger partial charge in [-0.05, 0) is 44.2 Å². The maximum atomic E-state index is 11.8. The number of aryl methyl sites for hydroxylation is 1. The van der Waals surface area contributed by atoms with Crippen molar-refractivity contribution in [2.24, 2.45) is 0 Å². The van der Waals surface area contributed by atoms with E-state index < -0.39 is 0 Å². The van der Waals surface area contributed by atoms with E-state index in [1.165, 1.54) is 0 Å². The first-order valence-electron chi connectivity index (χ1n) is 8.37. The highest BCUT2D eigenvalue weighted by atomic mass is 16.3. The Labute approximate surface area is 135 Å². The Morgan fingerprint density at radius 1 is 1.26 bits per heavy atom. The van der Waals surface area contributed by atoms with Gasteiger partial charge in [-0.1, -0.05) is 12.1 Å². The molecule has 0 spiro atoms. The van der Waals surface area contributed by atoms with Crippen LogP contribution in [0.4, 0.5) is 4.79 Å². The van der Waals surface area contributed by atoms with Gasteiger partial charge < -0.3 is 20.7 Å². The number of hydrogen-bond acceptors (Lipinski definition) is 3. The molecule has 1 aromatic carbocycles. The fourth-order valence-corrected chi connectivity index (χ4v) is 3.04. The van der Waals surface area contributed by atoms with Crippen LogP contribution in [0.15, 0.2) is 24.3 Å². The van der Waals surface area contributed by atoms with Crippen LogP contribution in [0.2, 0.25) is 0 Å². The van der Waals surface area contributed by atoms with Crippen molar-refractivity contribution >= 4 is 17.1 Å². The fourth-order valence-electron chi connectivity index (χ4n) is 3.04. The van der Waals surface area contributed by atoms with E-state index in [-0.39, 0.29) is 18.2 Å². The van der Waals surface area contributed by atoms with E-state index in [0.717, 1.165) is 55.4 Å². The van der Waals surface area contributed by atoms with Crippen LogP contribution in [-0.2, 0) is 6.42 Å². The van der Waals surface area contributed by atoms with Crippen LogP contribution < -0.4 is 10.6 Å². The summed E-state index contributed by atoms with van der Waals surface area (Å²) in [4.78, 5) is 19.6. The van der Waals surface area contributed by atoms with Gasteiger partial charge in [0, 0.05) is 19.0 Å². The van der Waals surface area contributed by atoms with Gasteiger partial charge in [0.2, 0.25) is 0 Å². The number of urea groups is 1. The number of hydrogen-bond donors (Lipinski definition) is 4. The Kier molecular flexibility index (Phi) is 5.12. The van der Waals surface area contributed by atoms with Gasteiger partial charge in [0.25, 0.3) is 0 Å². The minimum atomic E-state index is -0.195. The van der Waals surface area contributed by atoms with E-state index in [1.807, 2.05) is 24.3 Å². The van der Waals surface area contributed by atoms with Crippen LogP contribution in [0, 0.1) is 0 Å². The largest absolute Gasteiger partial charge is 0.393 e. The van der Waals surface area contributed by atoms with Crippen molar-refractivity contribution in [1.29, 1.82) is 0 Å². The molecule has 2 aromatic rings. The van der Waals surface area contributed by atoms with Gasteiger partial charge in [-0.15, -0.1) is 0 Å². The number of amides is 2. The molecule has 0 aliphatic heterocycles. The number of aliphatic hydroxyl groups excluding tert-OH is 1. The van der Waals surface area contributed by atoms with Crippen LogP contribution in [0.1, 0.15) is 37.9 Å². The summed E-state index contributed by atoms with van der Waals surface area (Å²) in [7, 11) is 0.